The Morgan fingerprint density at radius 2 is 2.30 bits per heavy atom. The van der Waals surface area contributed by atoms with Crippen molar-refractivity contribution in [1.82, 2.24) is 9.38 Å². The van der Waals surface area contributed by atoms with Crippen LogP contribution in [-0.4, -0.2) is 9.38 Å². The summed E-state index contributed by atoms with van der Waals surface area (Å²) in [5.74, 6) is 1.40. The van der Waals surface area contributed by atoms with Gasteiger partial charge in [0.05, 0.1) is 5.69 Å². The lowest BCUT2D eigenvalue weighted by molar-refractivity contribution is 0.461. The number of hydrogen-bond acceptors (Lipinski definition) is 3. The second-order valence-corrected chi connectivity index (χ2v) is 6.10. The summed E-state index contributed by atoms with van der Waals surface area (Å²) >= 11 is 11.2. The van der Waals surface area contributed by atoms with E-state index in [0.29, 0.717) is 11.2 Å². The van der Waals surface area contributed by atoms with Crippen LogP contribution in [0.3, 0.4) is 0 Å². The SMILES string of the molecule is CCc1cc(Oc2nc3sccn3c2CBr)ccc1Cl. The van der Waals surface area contributed by atoms with Crippen LogP contribution in [0.15, 0.2) is 29.8 Å². The van der Waals surface area contributed by atoms with Gasteiger partial charge in [-0.2, -0.15) is 4.98 Å². The molecule has 0 bridgehead atoms. The van der Waals surface area contributed by atoms with Gasteiger partial charge in [0, 0.05) is 21.9 Å². The number of aryl methyl sites for hydroxylation is 1. The third-order valence-corrected chi connectivity index (χ3v) is 4.72. The molecule has 0 atom stereocenters. The molecule has 0 fully saturated rings. The summed E-state index contributed by atoms with van der Waals surface area (Å²) in [6, 6.07) is 5.70. The van der Waals surface area contributed by atoms with Gasteiger partial charge in [-0.05, 0) is 30.2 Å². The predicted molar refractivity (Wildman–Crippen MR) is 86.6 cm³/mol. The number of ether oxygens (including phenoxy) is 1. The lowest BCUT2D eigenvalue weighted by atomic mass is 10.1. The molecule has 0 unspecified atom stereocenters. The van der Waals surface area contributed by atoms with Gasteiger partial charge in [-0.25, -0.2) is 0 Å². The number of nitrogens with zero attached hydrogens (tertiary/aromatic N) is 2. The summed E-state index contributed by atoms with van der Waals surface area (Å²) in [6.07, 6.45) is 2.87. The Kier molecular flexibility index (Phi) is 4.01. The molecule has 20 heavy (non-hydrogen) atoms. The normalized spacial score (nSPS) is 11.2. The van der Waals surface area contributed by atoms with Gasteiger partial charge in [0.15, 0.2) is 4.96 Å². The summed E-state index contributed by atoms with van der Waals surface area (Å²) in [6.45, 7) is 2.07. The minimum atomic E-state index is 0.637. The predicted octanol–water partition coefficient (Wildman–Crippen LogP) is 5.30. The average Bonchev–Trinajstić information content (AvgIpc) is 3.01. The molecule has 0 radical (unpaired) electrons. The number of hydrogen-bond donors (Lipinski definition) is 0. The van der Waals surface area contributed by atoms with E-state index in [1.54, 1.807) is 11.3 Å². The van der Waals surface area contributed by atoms with Gasteiger partial charge in [0.1, 0.15) is 5.75 Å². The fourth-order valence-corrected chi connectivity index (χ4v) is 3.50. The van der Waals surface area contributed by atoms with E-state index in [2.05, 4.69) is 27.8 Å². The van der Waals surface area contributed by atoms with E-state index in [4.69, 9.17) is 16.3 Å². The van der Waals surface area contributed by atoms with Crippen LogP contribution in [0.4, 0.5) is 0 Å². The third-order valence-electron chi connectivity index (χ3n) is 3.06. The molecule has 0 N–H and O–H groups in total. The van der Waals surface area contributed by atoms with Crippen molar-refractivity contribution in [2.75, 3.05) is 0 Å². The van der Waals surface area contributed by atoms with E-state index >= 15 is 0 Å². The smallest absolute Gasteiger partial charge is 0.243 e. The van der Waals surface area contributed by atoms with Crippen molar-refractivity contribution >= 4 is 43.8 Å². The van der Waals surface area contributed by atoms with Gasteiger partial charge >= 0.3 is 0 Å². The lowest BCUT2D eigenvalue weighted by Crippen LogP contribution is -1.92. The summed E-state index contributed by atoms with van der Waals surface area (Å²) in [7, 11) is 0. The Morgan fingerprint density at radius 3 is 3.05 bits per heavy atom. The Balaban J connectivity index is 1.98. The van der Waals surface area contributed by atoms with Crippen molar-refractivity contribution in [3.05, 3.63) is 46.1 Å². The summed E-state index contributed by atoms with van der Waals surface area (Å²) in [5, 5.41) is 3.47. The zero-order valence-electron chi connectivity index (χ0n) is 10.8. The number of fused-ring (bicyclic) bond motifs is 1. The molecular formula is C14H12BrClN2OS. The quantitative estimate of drug-likeness (QED) is 0.582. The van der Waals surface area contributed by atoms with Crippen LogP contribution in [0, 0.1) is 0 Å². The van der Waals surface area contributed by atoms with Crippen molar-refractivity contribution < 1.29 is 4.74 Å². The monoisotopic (exact) mass is 370 g/mol. The van der Waals surface area contributed by atoms with Crippen LogP contribution in [0.1, 0.15) is 18.2 Å². The molecule has 3 nitrogen and oxygen atoms in total. The second kappa shape index (κ2) is 5.76. The van der Waals surface area contributed by atoms with Crippen LogP contribution in [0.5, 0.6) is 11.6 Å². The molecule has 2 heterocycles. The van der Waals surface area contributed by atoms with Gasteiger partial charge in [0.25, 0.3) is 0 Å². The molecule has 2 aromatic heterocycles. The van der Waals surface area contributed by atoms with Gasteiger partial charge in [0.2, 0.25) is 5.88 Å². The van der Waals surface area contributed by atoms with Gasteiger partial charge in [-0.3, -0.25) is 4.40 Å². The second-order valence-electron chi connectivity index (χ2n) is 4.26. The lowest BCUT2D eigenvalue weighted by Gasteiger charge is -2.07. The van der Waals surface area contributed by atoms with E-state index < -0.39 is 0 Å². The molecular weight excluding hydrogens is 360 g/mol. The molecule has 0 saturated heterocycles. The highest BCUT2D eigenvalue weighted by molar-refractivity contribution is 9.08. The molecule has 1 aromatic carbocycles. The van der Waals surface area contributed by atoms with Gasteiger partial charge in [-0.1, -0.05) is 34.5 Å². The van der Waals surface area contributed by atoms with E-state index in [1.807, 2.05) is 34.2 Å². The topological polar surface area (TPSA) is 26.5 Å². The minimum Gasteiger partial charge on any atom is -0.437 e. The highest BCUT2D eigenvalue weighted by Crippen LogP contribution is 2.31. The van der Waals surface area contributed by atoms with E-state index in [0.717, 1.165) is 33.4 Å². The van der Waals surface area contributed by atoms with Crippen molar-refractivity contribution in [1.29, 1.82) is 0 Å². The Morgan fingerprint density at radius 1 is 1.45 bits per heavy atom. The molecule has 6 heteroatoms. The zero-order valence-corrected chi connectivity index (χ0v) is 13.9. The van der Waals surface area contributed by atoms with Crippen molar-refractivity contribution in [2.24, 2.45) is 0 Å². The van der Waals surface area contributed by atoms with E-state index in [9.17, 15) is 0 Å². The maximum Gasteiger partial charge on any atom is 0.243 e. The largest absolute Gasteiger partial charge is 0.437 e. The first-order valence-corrected chi connectivity index (χ1v) is 8.57. The molecule has 0 amide bonds. The van der Waals surface area contributed by atoms with Gasteiger partial charge < -0.3 is 4.74 Å². The Hall–Kier alpha value is -1.04. The van der Waals surface area contributed by atoms with Crippen molar-refractivity contribution in [2.45, 2.75) is 18.7 Å². The van der Waals surface area contributed by atoms with Crippen LogP contribution < -0.4 is 4.74 Å². The first kappa shape index (κ1) is 13.9. The standard InChI is InChI=1S/C14H12BrClN2OS/c1-2-9-7-10(3-4-11(9)16)19-13-12(8-15)18-5-6-20-14(18)17-13/h3-7H,2,8H2,1H3. The van der Waals surface area contributed by atoms with E-state index in [1.165, 1.54) is 0 Å². The molecule has 0 aliphatic rings. The number of rotatable bonds is 4. The average molecular weight is 372 g/mol. The van der Waals surface area contributed by atoms with E-state index in [-0.39, 0.29) is 0 Å². The molecule has 0 aliphatic heterocycles. The maximum atomic E-state index is 6.12. The first-order valence-electron chi connectivity index (χ1n) is 6.19. The molecule has 104 valence electrons. The highest BCUT2D eigenvalue weighted by Gasteiger charge is 2.14. The van der Waals surface area contributed by atoms with Crippen LogP contribution >= 0.6 is 38.9 Å². The highest BCUT2D eigenvalue weighted by atomic mass is 79.9. The maximum absolute atomic E-state index is 6.12. The minimum absolute atomic E-state index is 0.637. The number of aromatic nitrogens is 2. The van der Waals surface area contributed by atoms with Gasteiger partial charge in [-0.15, -0.1) is 11.3 Å². The van der Waals surface area contributed by atoms with Crippen LogP contribution in [0.25, 0.3) is 4.96 Å². The fraction of sp³-hybridized carbons (Fsp3) is 0.214. The fourth-order valence-electron chi connectivity index (χ4n) is 2.01. The number of alkyl halides is 1. The summed E-state index contributed by atoms with van der Waals surface area (Å²) in [4.78, 5) is 5.44. The molecule has 0 aliphatic carbocycles. The summed E-state index contributed by atoms with van der Waals surface area (Å²) < 4.78 is 7.96. The molecule has 0 saturated carbocycles. The molecule has 3 rings (SSSR count). The molecule has 3 aromatic rings. The number of imidazole rings is 1. The number of halogens is 2. The van der Waals surface area contributed by atoms with Crippen LogP contribution in [-0.2, 0) is 11.8 Å². The summed E-state index contributed by atoms with van der Waals surface area (Å²) in [5.41, 5.74) is 2.08. The Bertz CT molecular complexity index is 753. The number of thiazole rings is 1. The Labute approximate surface area is 134 Å². The third kappa shape index (κ3) is 2.45. The van der Waals surface area contributed by atoms with Crippen molar-refractivity contribution in [3.8, 4) is 11.6 Å². The first-order chi connectivity index (χ1) is 9.72. The molecule has 0 spiro atoms. The van der Waals surface area contributed by atoms with Crippen molar-refractivity contribution in [3.63, 3.8) is 0 Å². The van der Waals surface area contributed by atoms with Crippen LogP contribution in [0.2, 0.25) is 5.02 Å². The zero-order chi connectivity index (χ0) is 14.1. The number of benzene rings is 1.